The third kappa shape index (κ3) is 5.89. The molecule has 0 radical (unpaired) electrons. The van der Waals surface area contributed by atoms with Crippen molar-refractivity contribution in [1.82, 2.24) is 0 Å². The standard InChI is InChI=1S/C34H54O8/c1-20(7-6-14-32(3,4)42-21(2)36)25-10-11-26-24-9-8-22-17-23(41-31-30(39)29(38)28(37)18-40-31)12-16-34(22,19-35)27(24)13-15-33(25,26)5/h6,8,14,20,23-31,35,37-39H,7,9-13,15-19H2,1-5H3/t20-,23+,24+,25-,26+,27+,28-,29-,30+,31+,33-,34-/m1/s1. The SMILES string of the molecule is CC(=O)OC(C)(C)C=CC[C@@H](C)[C@H]1CC[C@H]2[C@@H]3CC=C4C[C@@H](O[C@@H]5OC[C@@H](O)[C@@H](O)[C@@H]5O)CC[C@]4(CO)[C@H]3CC[C@]12C. The first kappa shape index (κ1) is 32.1. The molecular formula is C34H54O8. The number of aliphatic hydroxyl groups excluding tert-OH is 4. The third-order valence-electron chi connectivity index (χ3n) is 12.0. The van der Waals surface area contributed by atoms with Crippen molar-refractivity contribution in [1.29, 1.82) is 0 Å². The Morgan fingerprint density at radius 3 is 2.62 bits per heavy atom. The molecule has 42 heavy (non-hydrogen) atoms. The van der Waals surface area contributed by atoms with Gasteiger partial charge in [0.1, 0.15) is 23.9 Å². The number of carbonyl (C=O) groups is 1. The van der Waals surface area contributed by atoms with Gasteiger partial charge in [-0.3, -0.25) is 4.79 Å². The highest BCUT2D eigenvalue weighted by Crippen LogP contribution is 2.67. The van der Waals surface area contributed by atoms with Crippen LogP contribution in [0.4, 0.5) is 0 Å². The quantitative estimate of drug-likeness (QED) is 0.244. The summed E-state index contributed by atoms with van der Waals surface area (Å²) in [5, 5.41) is 41.2. The first-order valence-electron chi connectivity index (χ1n) is 16.3. The van der Waals surface area contributed by atoms with Crippen LogP contribution in [0.25, 0.3) is 0 Å². The molecule has 4 aliphatic carbocycles. The van der Waals surface area contributed by atoms with Gasteiger partial charge in [0.15, 0.2) is 6.29 Å². The number of hydrogen-bond acceptors (Lipinski definition) is 8. The number of ether oxygens (including phenoxy) is 3. The lowest BCUT2D eigenvalue weighted by Crippen LogP contribution is -2.56. The maximum atomic E-state index is 11.4. The van der Waals surface area contributed by atoms with Crippen LogP contribution in [0, 0.1) is 40.4 Å². The first-order valence-corrected chi connectivity index (χ1v) is 16.3. The van der Waals surface area contributed by atoms with Gasteiger partial charge in [-0.2, -0.15) is 0 Å². The molecule has 1 saturated heterocycles. The van der Waals surface area contributed by atoms with Gasteiger partial charge in [-0.15, -0.1) is 0 Å². The summed E-state index contributed by atoms with van der Waals surface area (Å²) >= 11 is 0. The van der Waals surface area contributed by atoms with Crippen molar-refractivity contribution >= 4 is 5.97 Å². The molecule has 5 aliphatic rings. The van der Waals surface area contributed by atoms with Crippen LogP contribution in [-0.2, 0) is 19.0 Å². The molecule has 0 unspecified atom stereocenters. The van der Waals surface area contributed by atoms with E-state index in [1.54, 1.807) is 0 Å². The van der Waals surface area contributed by atoms with Gasteiger partial charge < -0.3 is 34.6 Å². The monoisotopic (exact) mass is 590 g/mol. The Kier molecular flexibility index (Phi) is 9.36. The summed E-state index contributed by atoms with van der Waals surface area (Å²) in [4.78, 5) is 11.4. The molecule has 1 heterocycles. The topological polar surface area (TPSA) is 126 Å². The van der Waals surface area contributed by atoms with E-state index in [4.69, 9.17) is 14.2 Å². The molecule has 12 atom stereocenters. The van der Waals surface area contributed by atoms with Crippen LogP contribution in [0.5, 0.6) is 0 Å². The van der Waals surface area contributed by atoms with Gasteiger partial charge in [0, 0.05) is 12.3 Å². The molecule has 8 heteroatoms. The van der Waals surface area contributed by atoms with E-state index in [1.807, 2.05) is 19.9 Å². The van der Waals surface area contributed by atoms with Crippen molar-refractivity contribution in [3.05, 3.63) is 23.8 Å². The summed E-state index contributed by atoms with van der Waals surface area (Å²) in [7, 11) is 0. The van der Waals surface area contributed by atoms with Gasteiger partial charge in [-0.25, -0.2) is 0 Å². The van der Waals surface area contributed by atoms with E-state index >= 15 is 0 Å². The Morgan fingerprint density at radius 1 is 1.14 bits per heavy atom. The summed E-state index contributed by atoms with van der Waals surface area (Å²) < 4.78 is 17.1. The van der Waals surface area contributed by atoms with E-state index in [1.165, 1.54) is 31.8 Å². The lowest BCUT2D eigenvalue weighted by atomic mass is 9.46. The second-order valence-electron chi connectivity index (χ2n) is 14.9. The number of hydrogen-bond donors (Lipinski definition) is 4. The van der Waals surface area contributed by atoms with Crippen molar-refractivity contribution in [2.75, 3.05) is 13.2 Å². The second kappa shape index (κ2) is 12.2. The molecule has 238 valence electrons. The van der Waals surface area contributed by atoms with Gasteiger partial charge in [0.05, 0.1) is 19.3 Å². The molecule has 0 aromatic rings. The van der Waals surface area contributed by atoms with E-state index in [0.717, 1.165) is 32.1 Å². The summed E-state index contributed by atoms with van der Waals surface area (Å²) in [6.45, 7) is 10.3. The second-order valence-corrected chi connectivity index (χ2v) is 14.9. The minimum absolute atomic E-state index is 0.0645. The first-order chi connectivity index (χ1) is 19.8. The average Bonchev–Trinajstić information content (AvgIpc) is 3.29. The highest BCUT2D eigenvalue weighted by molar-refractivity contribution is 5.66. The molecule has 0 aromatic heterocycles. The highest BCUT2D eigenvalue weighted by atomic mass is 16.7. The van der Waals surface area contributed by atoms with Crippen molar-refractivity contribution in [3.8, 4) is 0 Å². The maximum Gasteiger partial charge on any atom is 0.303 e. The third-order valence-corrected chi connectivity index (χ3v) is 12.0. The molecule has 8 nitrogen and oxygen atoms in total. The summed E-state index contributed by atoms with van der Waals surface area (Å²) in [6, 6.07) is 0. The minimum Gasteiger partial charge on any atom is -0.456 e. The van der Waals surface area contributed by atoms with Crippen LogP contribution >= 0.6 is 0 Å². The summed E-state index contributed by atoms with van der Waals surface area (Å²) in [5.41, 5.74) is 0.788. The van der Waals surface area contributed by atoms with Gasteiger partial charge in [0.25, 0.3) is 0 Å². The fourth-order valence-corrected chi connectivity index (χ4v) is 10.0. The van der Waals surface area contributed by atoms with Crippen LogP contribution in [0.2, 0.25) is 0 Å². The van der Waals surface area contributed by atoms with Crippen molar-refractivity contribution in [3.63, 3.8) is 0 Å². The highest BCUT2D eigenvalue weighted by Gasteiger charge is 2.60. The molecule has 0 spiro atoms. The maximum absolute atomic E-state index is 11.4. The largest absolute Gasteiger partial charge is 0.456 e. The van der Waals surface area contributed by atoms with Gasteiger partial charge in [-0.1, -0.05) is 31.6 Å². The predicted molar refractivity (Wildman–Crippen MR) is 158 cm³/mol. The number of rotatable bonds is 8. The molecule has 4 fully saturated rings. The van der Waals surface area contributed by atoms with Gasteiger partial charge in [-0.05, 0) is 113 Å². The predicted octanol–water partition coefficient (Wildman–Crippen LogP) is 4.29. The molecule has 1 aliphatic heterocycles. The van der Waals surface area contributed by atoms with Gasteiger partial charge >= 0.3 is 5.97 Å². The molecule has 0 bridgehead atoms. The van der Waals surface area contributed by atoms with Crippen LogP contribution in [-0.4, -0.2) is 75.9 Å². The van der Waals surface area contributed by atoms with Gasteiger partial charge in [0.2, 0.25) is 0 Å². The molecular weight excluding hydrogens is 536 g/mol. The Hall–Kier alpha value is -1.29. The number of aliphatic hydroxyl groups is 4. The molecule has 4 N–H and O–H groups in total. The zero-order valence-electron chi connectivity index (χ0n) is 26.2. The Balaban J connectivity index is 1.25. The zero-order chi connectivity index (χ0) is 30.4. The fraction of sp³-hybridized carbons (Fsp3) is 0.853. The fourth-order valence-electron chi connectivity index (χ4n) is 10.0. The molecule has 0 aromatic carbocycles. The smallest absolute Gasteiger partial charge is 0.303 e. The molecule has 5 rings (SSSR count). The Labute approximate surface area is 251 Å². The van der Waals surface area contributed by atoms with Crippen molar-refractivity contribution in [2.45, 2.75) is 129 Å². The number of allylic oxidation sites excluding steroid dienone is 2. The summed E-state index contributed by atoms with van der Waals surface area (Å²) in [6.07, 6.45) is 11.0. The van der Waals surface area contributed by atoms with E-state index in [-0.39, 0.29) is 30.7 Å². The molecule has 0 amide bonds. The average molecular weight is 591 g/mol. The van der Waals surface area contributed by atoms with E-state index in [0.29, 0.717) is 41.4 Å². The van der Waals surface area contributed by atoms with Crippen molar-refractivity contribution in [2.24, 2.45) is 40.4 Å². The lowest BCUT2D eigenvalue weighted by Gasteiger charge is -2.59. The number of carbonyl (C=O) groups excluding carboxylic acids is 1. The van der Waals surface area contributed by atoms with E-state index in [2.05, 4.69) is 26.0 Å². The van der Waals surface area contributed by atoms with Crippen LogP contribution in [0.3, 0.4) is 0 Å². The van der Waals surface area contributed by atoms with Crippen LogP contribution in [0.1, 0.15) is 92.4 Å². The minimum atomic E-state index is -1.28. The van der Waals surface area contributed by atoms with Crippen LogP contribution < -0.4 is 0 Å². The number of esters is 1. The zero-order valence-corrected chi connectivity index (χ0v) is 26.2. The lowest BCUT2D eigenvalue weighted by molar-refractivity contribution is -0.285. The van der Waals surface area contributed by atoms with E-state index < -0.39 is 30.2 Å². The van der Waals surface area contributed by atoms with Crippen molar-refractivity contribution < 1.29 is 39.4 Å². The number of fused-ring (bicyclic) bond motifs is 5. The molecule has 3 saturated carbocycles. The Morgan fingerprint density at radius 2 is 1.90 bits per heavy atom. The normalized spacial score (nSPS) is 44.6. The van der Waals surface area contributed by atoms with Crippen LogP contribution in [0.15, 0.2) is 23.8 Å². The van der Waals surface area contributed by atoms with E-state index in [9.17, 15) is 25.2 Å². The Bertz CT molecular complexity index is 1040. The summed E-state index contributed by atoms with van der Waals surface area (Å²) in [5.74, 6) is 2.64.